The number of ether oxygens (including phenoxy) is 2. The first kappa shape index (κ1) is 11.4. The van der Waals surface area contributed by atoms with Crippen molar-refractivity contribution in [3.05, 3.63) is 29.3 Å². The Bertz CT molecular complexity index is 375. The second kappa shape index (κ2) is 4.44. The van der Waals surface area contributed by atoms with Gasteiger partial charge >= 0.3 is 0 Å². The molecular formula is C13H18O3. The lowest BCUT2D eigenvalue weighted by molar-refractivity contribution is -0.149. The van der Waals surface area contributed by atoms with Gasteiger partial charge in [-0.15, -0.1) is 0 Å². The summed E-state index contributed by atoms with van der Waals surface area (Å²) in [7, 11) is 1.60. The van der Waals surface area contributed by atoms with E-state index >= 15 is 0 Å². The van der Waals surface area contributed by atoms with Crippen LogP contribution in [0.25, 0.3) is 0 Å². The van der Waals surface area contributed by atoms with Gasteiger partial charge in [-0.2, -0.15) is 0 Å². The monoisotopic (exact) mass is 222 g/mol. The summed E-state index contributed by atoms with van der Waals surface area (Å²) >= 11 is 0. The van der Waals surface area contributed by atoms with Crippen molar-refractivity contribution in [1.29, 1.82) is 0 Å². The first-order chi connectivity index (χ1) is 7.61. The van der Waals surface area contributed by atoms with Gasteiger partial charge in [0, 0.05) is 13.5 Å². The molecule has 1 aliphatic carbocycles. The van der Waals surface area contributed by atoms with Gasteiger partial charge in [-0.25, -0.2) is 0 Å². The molecule has 0 bridgehead atoms. The number of benzene rings is 1. The maximum atomic E-state index is 9.46. The van der Waals surface area contributed by atoms with Crippen LogP contribution in [0, 0.1) is 13.8 Å². The van der Waals surface area contributed by atoms with E-state index in [1.165, 1.54) is 5.56 Å². The summed E-state index contributed by atoms with van der Waals surface area (Å²) < 4.78 is 11.0. The second-order valence-corrected chi connectivity index (χ2v) is 4.43. The van der Waals surface area contributed by atoms with Crippen LogP contribution in [0.3, 0.4) is 0 Å². The molecule has 0 aromatic heterocycles. The second-order valence-electron chi connectivity index (χ2n) is 4.43. The summed E-state index contributed by atoms with van der Waals surface area (Å²) in [6.45, 7) is 4.08. The Kier molecular flexibility index (Phi) is 3.17. The van der Waals surface area contributed by atoms with Gasteiger partial charge in [0.2, 0.25) is 0 Å². The highest BCUT2D eigenvalue weighted by Crippen LogP contribution is 2.30. The molecule has 3 nitrogen and oxygen atoms in total. The molecule has 0 heterocycles. The SMILES string of the molecule is COC1C(O)CC1Oc1ccc(C)cc1C. The number of methoxy groups -OCH3 is 1. The molecule has 3 heteroatoms. The molecule has 1 fully saturated rings. The van der Waals surface area contributed by atoms with Crippen LogP contribution in [0.1, 0.15) is 17.5 Å². The quantitative estimate of drug-likeness (QED) is 0.848. The first-order valence-electron chi connectivity index (χ1n) is 5.56. The molecule has 1 N–H and O–H groups in total. The molecule has 3 atom stereocenters. The molecule has 2 rings (SSSR count). The standard InChI is InChI=1S/C13H18O3/c1-8-4-5-11(9(2)6-8)16-12-7-10(14)13(12)15-3/h4-6,10,12-14H,7H2,1-3H3. The average molecular weight is 222 g/mol. The Hall–Kier alpha value is -1.06. The number of aliphatic hydroxyl groups is 1. The van der Waals surface area contributed by atoms with Crippen molar-refractivity contribution in [2.45, 2.75) is 38.6 Å². The number of hydrogen-bond donors (Lipinski definition) is 1. The van der Waals surface area contributed by atoms with Crippen LogP contribution in [0.2, 0.25) is 0 Å². The smallest absolute Gasteiger partial charge is 0.130 e. The lowest BCUT2D eigenvalue weighted by atomic mass is 9.88. The van der Waals surface area contributed by atoms with Gasteiger partial charge in [0.1, 0.15) is 18.0 Å². The molecule has 0 aliphatic heterocycles. The van der Waals surface area contributed by atoms with E-state index < -0.39 is 0 Å². The van der Waals surface area contributed by atoms with Crippen LogP contribution in [0.4, 0.5) is 0 Å². The first-order valence-corrected chi connectivity index (χ1v) is 5.56. The van der Waals surface area contributed by atoms with E-state index in [0.29, 0.717) is 6.42 Å². The summed E-state index contributed by atoms with van der Waals surface area (Å²) in [5.41, 5.74) is 2.35. The minimum atomic E-state index is -0.388. The molecule has 0 spiro atoms. The van der Waals surface area contributed by atoms with Gasteiger partial charge in [-0.3, -0.25) is 0 Å². The van der Waals surface area contributed by atoms with Crippen molar-refractivity contribution in [3.63, 3.8) is 0 Å². The van der Waals surface area contributed by atoms with Gasteiger partial charge in [0.15, 0.2) is 0 Å². The molecule has 0 saturated heterocycles. The largest absolute Gasteiger partial charge is 0.487 e. The third kappa shape index (κ3) is 2.06. The summed E-state index contributed by atoms with van der Waals surface area (Å²) in [4.78, 5) is 0. The zero-order valence-electron chi connectivity index (χ0n) is 9.93. The van der Waals surface area contributed by atoms with Crippen LogP contribution in [0.5, 0.6) is 5.75 Å². The van der Waals surface area contributed by atoms with E-state index in [1.54, 1.807) is 7.11 Å². The van der Waals surface area contributed by atoms with Gasteiger partial charge in [-0.05, 0) is 25.5 Å². The zero-order valence-corrected chi connectivity index (χ0v) is 9.93. The van der Waals surface area contributed by atoms with E-state index in [0.717, 1.165) is 11.3 Å². The molecule has 1 saturated carbocycles. The normalized spacial score (nSPS) is 28.6. The van der Waals surface area contributed by atoms with E-state index in [1.807, 2.05) is 19.1 Å². The molecule has 16 heavy (non-hydrogen) atoms. The Morgan fingerprint density at radius 3 is 2.62 bits per heavy atom. The zero-order chi connectivity index (χ0) is 11.7. The molecule has 1 aromatic rings. The lowest BCUT2D eigenvalue weighted by Crippen LogP contribution is -2.54. The highest BCUT2D eigenvalue weighted by atomic mass is 16.6. The maximum Gasteiger partial charge on any atom is 0.130 e. The molecule has 0 radical (unpaired) electrons. The number of aryl methyl sites for hydroxylation is 2. The van der Waals surface area contributed by atoms with Crippen LogP contribution in [0.15, 0.2) is 18.2 Å². The van der Waals surface area contributed by atoms with Crippen molar-refractivity contribution in [3.8, 4) is 5.75 Å². The van der Waals surface area contributed by atoms with E-state index in [-0.39, 0.29) is 18.3 Å². The fraction of sp³-hybridized carbons (Fsp3) is 0.538. The number of hydrogen-bond acceptors (Lipinski definition) is 3. The van der Waals surface area contributed by atoms with Gasteiger partial charge in [-0.1, -0.05) is 17.7 Å². The Labute approximate surface area is 96.0 Å². The number of aliphatic hydroxyl groups excluding tert-OH is 1. The fourth-order valence-electron chi connectivity index (χ4n) is 2.08. The van der Waals surface area contributed by atoms with E-state index in [9.17, 15) is 5.11 Å². The summed E-state index contributed by atoms with van der Waals surface area (Å²) in [5.74, 6) is 0.879. The highest BCUT2D eigenvalue weighted by Gasteiger charge is 2.42. The molecule has 1 aromatic carbocycles. The minimum Gasteiger partial charge on any atom is -0.487 e. The molecule has 88 valence electrons. The van der Waals surface area contributed by atoms with Crippen molar-refractivity contribution in [2.24, 2.45) is 0 Å². The van der Waals surface area contributed by atoms with Gasteiger partial charge in [0.25, 0.3) is 0 Å². The van der Waals surface area contributed by atoms with Crippen molar-refractivity contribution >= 4 is 0 Å². The van der Waals surface area contributed by atoms with E-state index in [2.05, 4.69) is 13.0 Å². The Morgan fingerprint density at radius 1 is 1.31 bits per heavy atom. The van der Waals surface area contributed by atoms with Crippen LogP contribution < -0.4 is 4.74 Å². The molecule has 1 aliphatic rings. The third-order valence-corrected chi connectivity index (χ3v) is 3.10. The van der Waals surface area contributed by atoms with Crippen molar-refractivity contribution in [2.75, 3.05) is 7.11 Å². The highest BCUT2D eigenvalue weighted by molar-refractivity contribution is 5.36. The summed E-state index contributed by atoms with van der Waals surface area (Å²) in [6, 6.07) is 6.09. The lowest BCUT2D eigenvalue weighted by Gasteiger charge is -2.40. The summed E-state index contributed by atoms with van der Waals surface area (Å²) in [6.07, 6.45) is 0.0362. The number of rotatable bonds is 3. The average Bonchev–Trinajstić information content (AvgIpc) is 2.21. The van der Waals surface area contributed by atoms with Crippen LogP contribution >= 0.6 is 0 Å². The molecular weight excluding hydrogens is 204 g/mol. The topological polar surface area (TPSA) is 38.7 Å². The summed E-state index contributed by atoms with van der Waals surface area (Å²) in [5, 5.41) is 9.46. The Morgan fingerprint density at radius 2 is 2.06 bits per heavy atom. The van der Waals surface area contributed by atoms with Crippen LogP contribution in [-0.2, 0) is 4.74 Å². The fourth-order valence-corrected chi connectivity index (χ4v) is 2.08. The van der Waals surface area contributed by atoms with Crippen LogP contribution in [-0.4, -0.2) is 30.5 Å². The molecule has 3 unspecified atom stereocenters. The predicted molar refractivity (Wildman–Crippen MR) is 61.8 cm³/mol. The third-order valence-electron chi connectivity index (χ3n) is 3.10. The van der Waals surface area contributed by atoms with Gasteiger partial charge in [0.05, 0.1) is 6.10 Å². The van der Waals surface area contributed by atoms with E-state index in [4.69, 9.17) is 9.47 Å². The minimum absolute atomic E-state index is 0.0265. The van der Waals surface area contributed by atoms with Crippen molar-refractivity contribution in [1.82, 2.24) is 0 Å². The maximum absolute atomic E-state index is 9.46. The van der Waals surface area contributed by atoms with Gasteiger partial charge < -0.3 is 14.6 Å². The Balaban J connectivity index is 2.04. The molecule has 0 amide bonds. The predicted octanol–water partition coefficient (Wildman–Crippen LogP) is 1.83. The van der Waals surface area contributed by atoms with Crippen molar-refractivity contribution < 1.29 is 14.6 Å².